The Morgan fingerprint density at radius 1 is 0.920 bits per heavy atom. The van der Waals surface area contributed by atoms with E-state index >= 15 is 0 Å². The molecule has 4 nitrogen and oxygen atoms in total. The van der Waals surface area contributed by atoms with E-state index in [1.54, 1.807) is 0 Å². The van der Waals surface area contributed by atoms with Crippen LogP contribution in [0.4, 0.5) is 0 Å². The Bertz CT molecular complexity index is 599. The van der Waals surface area contributed by atoms with Gasteiger partial charge in [-0.3, -0.25) is 0 Å². The SMILES string of the molecule is C#CC1(O)C(O)C[C@H]2[C@@H]3CCC4C(O)C(O)CC[C@]4(C)[C@@H]3CC[C@@]21C. The van der Waals surface area contributed by atoms with Crippen LogP contribution in [-0.4, -0.2) is 44.3 Å². The number of fused-ring (bicyclic) bond motifs is 5. The Labute approximate surface area is 150 Å². The van der Waals surface area contributed by atoms with E-state index in [1.165, 1.54) is 0 Å². The summed E-state index contributed by atoms with van der Waals surface area (Å²) in [5.74, 6) is 3.82. The lowest BCUT2D eigenvalue weighted by Crippen LogP contribution is -2.60. The molecule has 4 heteroatoms. The van der Waals surface area contributed by atoms with Crippen molar-refractivity contribution < 1.29 is 20.4 Å². The standard InChI is InChI=1S/C21H32O4/c1-4-21(25)17(23)11-15-12-5-6-14-18(24)16(22)8-9-19(14,2)13(12)7-10-20(15,21)3/h1,12-18,22-25H,5-11H2,2-3H3/t12-,13-,14?,15+,16?,17?,18?,19-,20+,21?/m1/s1. The number of aliphatic hydroxyl groups is 4. The van der Waals surface area contributed by atoms with Crippen LogP contribution in [0.3, 0.4) is 0 Å². The van der Waals surface area contributed by atoms with E-state index in [9.17, 15) is 20.4 Å². The fraction of sp³-hybridized carbons (Fsp3) is 0.905. The number of hydrogen-bond acceptors (Lipinski definition) is 4. The summed E-state index contributed by atoms with van der Waals surface area (Å²) in [4.78, 5) is 0. The smallest absolute Gasteiger partial charge is 0.156 e. The molecule has 140 valence electrons. The molecule has 4 aliphatic carbocycles. The maximum Gasteiger partial charge on any atom is 0.156 e. The van der Waals surface area contributed by atoms with Crippen LogP contribution in [0.2, 0.25) is 0 Å². The van der Waals surface area contributed by atoms with Crippen molar-refractivity contribution in [3.05, 3.63) is 0 Å². The van der Waals surface area contributed by atoms with E-state index in [4.69, 9.17) is 6.42 Å². The molecule has 4 rings (SSSR count). The van der Waals surface area contributed by atoms with Crippen LogP contribution < -0.4 is 0 Å². The third kappa shape index (κ3) is 2.04. The topological polar surface area (TPSA) is 80.9 Å². The molecule has 0 aromatic rings. The summed E-state index contributed by atoms with van der Waals surface area (Å²) in [5, 5.41) is 42.3. The van der Waals surface area contributed by atoms with Gasteiger partial charge in [0.2, 0.25) is 0 Å². The molecular weight excluding hydrogens is 316 g/mol. The fourth-order valence-electron chi connectivity index (χ4n) is 7.60. The molecule has 0 aromatic carbocycles. The van der Waals surface area contributed by atoms with Gasteiger partial charge in [-0.05, 0) is 74.0 Å². The molecule has 4 aliphatic rings. The van der Waals surface area contributed by atoms with Crippen molar-refractivity contribution in [1.29, 1.82) is 0 Å². The van der Waals surface area contributed by atoms with Crippen molar-refractivity contribution in [2.75, 3.05) is 0 Å². The second kappa shape index (κ2) is 5.45. The minimum atomic E-state index is -1.43. The Morgan fingerprint density at radius 2 is 1.64 bits per heavy atom. The molecule has 25 heavy (non-hydrogen) atoms. The zero-order valence-corrected chi connectivity index (χ0v) is 15.4. The first kappa shape index (κ1) is 17.8. The largest absolute Gasteiger partial charge is 0.390 e. The molecule has 4 fully saturated rings. The van der Waals surface area contributed by atoms with Crippen LogP contribution >= 0.6 is 0 Å². The van der Waals surface area contributed by atoms with Crippen molar-refractivity contribution in [1.82, 2.24) is 0 Å². The number of terminal acetylenes is 1. The third-order valence-corrected chi connectivity index (χ3v) is 9.17. The number of rotatable bonds is 0. The summed E-state index contributed by atoms with van der Waals surface area (Å²) in [6, 6.07) is 0. The van der Waals surface area contributed by atoms with Gasteiger partial charge in [0.25, 0.3) is 0 Å². The van der Waals surface area contributed by atoms with Gasteiger partial charge in [0.1, 0.15) is 0 Å². The van der Waals surface area contributed by atoms with Crippen LogP contribution in [0.15, 0.2) is 0 Å². The first-order chi connectivity index (χ1) is 11.7. The van der Waals surface area contributed by atoms with Crippen LogP contribution in [0.1, 0.15) is 58.8 Å². The van der Waals surface area contributed by atoms with Crippen molar-refractivity contribution in [3.8, 4) is 12.3 Å². The van der Waals surface area contributed by atoms with Crippen LogP contribution in [0.5, 0.6) is 0 Å². The van der Waals surface area contributed by atoms with E-state index in [0.29, 0.717) is 24.7 Å². The fourth-order valence-corrected chi connectivity index (χ4v) is 7.60. The molecule has 0 bridgehead atoms. The van der Waals surface area contributed by atoms with Gasteiger partial charge >= 0.3 is 0 Å². The zero-order valence-electron chi connectivity index (χ0n) is 15.4. The molecule has 4 saturated carbocycles. The van der Waals surface area contributed by atoms with Crippen molar-refractivity contribution in [2.24, 2.45) is 34.5 Å². The summed E-state index contributed by atoms with van der Waals surface area (Å²) in [7, 11) is 0. The first-order valence-electron chi connectivity index (χ1n) is 9.93. The molecule has 0 heterocycles. The summed E-state index contributed by atoms with van der Waals surface area (Å²) < 4.78 is 0. The lowest BCUT2D eigenvalue weighted by Gasteiger charge is -2.62. The molecule has 5 unspecified atom stereocenters. The quantitative estimate of drug-likeness (QED) is 0.502. The van der Waals surface area contributed by atoms with E-state index in [1.807, 2.05) is 0 Å². The van der Waals surface area contributed by atoms with Gasteiger partial charge in [0.05, 0.1) is 18.3 Å². The average molecular weight is 348 g/mol. The number of hydrogen-bond donors (Lipinski definition) is 4. The molecule has 10 atom stereocenters. The Balaban J connectivity index is 1.68. The van der Waals surface area contributed by atoms with E-state index in [0.717, 1.165) is 32.1 Å². The lowest BCUT2D eigenvalue weighted by atomic mass is 9.44. The molecule has 0 spiro atoms. The van der Waals surface area contributed by atoms with E-state index in [-0.39, 0.29) is 17.3 Å². The minimum absolute atomic E-state index is 0.0324. The van der Waals surface area contributed by atoms with E-state index < -0.39 is 29.3 Å². The van der Waals surface area contributed by atoms with Gasteiger partial charge in [0, 0.05) is 5.41 Å². The summed E-state index contributed by atoms with van der Waals surface area (Å²) in [6.07, 6.45) is 9.47. The predicted octanol–water partition coefficient (Wildman–Crippen LogP) is 1.70. The normalized spacial score (nSPS) is 60.9. The molecule has 0 radical (unpaired) electrons. The second-order valence-corrected chi connectivity index (χ2v) is 9.78. The maximum absolute atomic E-state index is 11.0. The molecular formula is C21H32O4. The van der Waals surface area contributed by atoms with Crippen LogP contribution in [-0.2, 0) is 0 Å². The van der Waals surface area contributed by atoms with Crippen LogP contribution in [0, 0.1) is 46.8 Å². The summed E-state index contributed by atoms with van der Waals surface area (Å²) in [5.41, 5.74) is -1.83. The van der Waals surface area contributed by atoms with Gasteiger partial charge < -0.3 is 20.4 Å². The highest BCUT2D eigenvalue weighted by Gasteiger charge is 2.68. The molecule has 0 aromatic heterocycles. The molecule has 0 saturated heterocycles. The molecule has 4 N–H and O–H groups in total. The lowest BCUT2D eigenvalue weighted by molar-refractivity contribution is -0.183. The highest BCUT2D eigenvalue weighted by molar-refractivity contribution is 5.27. The Kier molecular flexibility index (Phi) is 3.88. The molecule has 0 amide bonds. The predicted molar refractivity (Wildman–Crippen MR) is 94.3 cm³/mol. The van der Waals surface area contributed by atoms with Crippen molar-refractivity contribution in [2.45, 2.75) is 82.7 Å². The highest BCUT2D eigenvalue weighted by atomic mass is 16.3. The Morgan fingerprint density at radius 3 is 2.32 bits per heavy atom. The van der Waals surface area contributed by atoms with Crippen molar-refractivity contribution in [3.63, 3.8) is 0 Å². The summed E-state index contributed by atoms with van der Waals surface area (Å²) in [6.45, 7) is 4.36. The van der Waals surface area contributed by atoms with Gasteiger partial charge in [-0.15, -0.1) is 6.42 Å². The van der Waals surface area contributed by atoms with Gasteiger partial charge in [0.15, 0.2) is 5.60 Å². The second-order valence-electron chi connectivity index (χ2n) is 9.78. The highest BCUT2D eigenvalue weighted by Crippen LogP contribution is 2.68. The maximum atomic E-state index is 11.0. The van der Waals surface area contributed by atoms with Gasteiger partial charge in [-0.2, -0.15) is 0 Å². The van der Waals surface area contributed by atoms with E-state index in [2.05, 4.69) is 19.8 Å². The third-order valence-electron chi connectivity index (χ3n) is 9.17. The van der Waals surface area contributed by atoms with Crippen molar-refractivity contribution >= 4 is 0 Å². The monoisotopic (exact) mass is 348 g/mol. The average Bonchev–Trinajstić information content (AvgIpc) is 2.79. The van der Waals surface area contributed by atoms with Gasteiger partial charge in [-0.25, -0.2) is 0 Å². The van der Waals surface area contributed by atoms with Crippen LogP contribution in [0.25, 0.3) is 0 Å². The zero-order chi connectivity index (χ0) is 18.2. The minimum Gasteiger partial charge on any atom is -0.390 e. The summed E-state index contributed by atoms with van der Waals surface area (Å²) >= 11 is 0. The first-order valence-corrected chi connectivity index (χ1v) is 9.93. The van der Waals surface area contributed by atoms with Gasteiger partial charge in [-0.1, -0.05) is 19.8 Å². The molecule has 0 aliphatic heterocycles. The number of aliphatic hydroxyl groups excluding tert-OH is 3. The Hall–Kier alpha value is -0.600.